The lowest BCUT2D eigenvalue weighted by Gasteiger charge is -2.26. The molecule has 7 nitrogen and oxygen atoms in total. The Morgan fingerprint density at radius 2 is 1.94 bits per heavy atom. The molecule has 1 fully saturated rings. The molecule has 1 aliphatic rings. The van der Waals surface area contributed by atoms with Crippen molar-refractivity contribution >= 4 is 5.57 Å². The molecule has 1 saturated heterocycles. The number of hydrogen-bond donors (Lipinski definition) is 0. The second-order valence-corrected chi connectivity index (χ2v) is 9.39. The van der Waals surface area contributed by atoms with Gasteiger partial charge in [0.15, 0.2) is 6.29 Å². The molecule has 0 N–H and O–H groups in total. The second kappa shape index (κ2) is 14.6. The molecular weight excluding hydrogens is 446 g/mol. The van der Waals surface area contributed by atoms with Crippen LogP contribution in [0.4, 0.5) is 0 Å². The van der Waals surface area contributed by atoms with Gasteiger partial charge in [0.05, 0.1) is 31.1 Å². The van der Waals surface area contributed by atoms with Gasteiger partial charge in [-0.1, -0.05) is 18.7 Å². The summed E-state index contributed by atoms with van der Waals surface area (Å²) in [6, 6.07) is 3.91. The van der Waals surface area contributed by atoms with Gasteiger partial charge in [0.1, 0.15) is 12.2 Å². The Labute approximate surface area is 211 Å². The molecule has 1 unspecified atom stereocenters. The Morgan fingerprint density at radius 3 is 2.60 bits per heavy atom. The van der Waals surface area contributed by atoms with Crippen LogP contribution < -0.4 is 0 Å². The molecule has 196 valence electrons. The summed E-state index contributed by atoms with van der Waals surface area (Å²) in [6.45, 7) is 16.4. The number of rotatable bonds is 15. The highest BCUT2D eigenvalue weighted by Gasteiger charge is 2.25. The van der Waals surface area contributed by atoms with E-state index in [1.165, 1.54) is 0 Å². The number of hydrogen-bond acceptors (Lipinski definition) is 7. The summed E-state index contributed by atoms with van der Waals surface area (Å²) >= 11 is 0. The highest BCUT2D eigenvalue weighted by atomic mass is 17.2. The molecule has 0 bridgehead atoms. The average Bonchev–Trinajstić information content (AvgIpc) is 2.87. The van der Waals surface area contributed by atoms with Crippen molar-refractivity contribution in [1.29, 1.82) is 0 Å². The van der Waals surface area contributed by atoms with Gasteiger partial charge in [-0.15, -0.1) is 0 Å². The van der Waals surface area contributed by atoms with E-state index in [0.29, 0.717) is 26.4 Å². The predicted molar refractivity (Wildman–Crippen MR) is 138 cm³/mol. The fourth-order valence-corrected chi connectivity index (χ4v) is 3.60. The van der Waals surface area contributed by atoms with Crippen LogP contribution in [0.2, 0.25) is 0 Å². The van der Waals surface area contributed by atoms with Crippen molar-refractivity contribution in [2.24, 2.45) is 0 Å². The van der Waals surface area contributed by atoms with Crippen LogP contribution in [0.25, 0.3) is 5.57 Å². The fourth-order valence-electron chi connectivity index (χ4n) is 3.60. The molecule has 0 radical (unpaired) electrons. The first-order valence-electron chi connectivity index (χ1n) is 12.4. The molecule has 0 amide bonds. The lowest BCUT2D eigenvalue weighted by molar-refractivity contribution is -0.361. The first-order valence-corrected chi connectivity index (χ1v) is 12.4. The van der Waals surface area contributed by atoms with Crippen molar-refractivity contribution in [3.8, 4) is 0 Å². The van der Waals surface area contributed by atoms with E-state index >= 15 is 0 Å². The van der Waals surface area contributed by atoms with Crippen LogP contribution in [0.1, 0.15) is 65.1 Å². The predicted octanol–water partition coefficient (Wildman–Crippen LogP) is 5.77. The topological polar surface area (TPSA) is 68.3 Å². The van der Waals surface area contributed by atoms with Gasteiger partial charge < -0.3 is 18.9 Å². The van der Waals surface area contributed by atoms with Gasteiger partial charge in [0, 0.05) is 19.9 Å². The van der Waals surface area contributed by atoms with Gasteiger partial charge in [0.2, 0.25) is 0 Å². The number of nitrogens with zero attached hydrogens (tertiary/aromatic N) is 1. The Balaban J connectivity index is 1.85. The number of methoxy groups -OCH3 is 1. The summed E-state index contributed by atoms with van der Waals surface area (Å²) < 4.78 is 22.4. The van der Waals surface area contributed by atoms with Gasteiger partial charge in [-0.25, -0.2) is 9.78 Å². The first-order chi connectivity index (χ1) is 16.7. The number of ether oxygens (including phenoxy) is 4. The van der Waals surface area contributed by atoms with Gasteiger partial charge in [0.25, 0.3) is 0 Å². The third-order valence-electron chi connectivity index (χ3n) is 6.05. The molecule has 1 aliphatic heterocycles. The van der Waals surface area contributed by atoms with E-state index in [4.69, 9.17) is 28.7 Å². The van der Waals surface area contributed by atoms with Gasteiger partial charge in [-0.3, -0.25) is 4.98 Å². The van der Waals surface area contributed by atoms with Crippen molar-refractivity contribution in [2.45, 2.75) is 71.4 Å². The van der Waals surface area contributed by atoms with E-state index in [0.717, 1.165) is 48.3 Å². The number of pyridine rings is 1. The molecule has 0 saturated carbocycles. The van der Waals surface area contributed by atoms with Gasteiger partial charge >= 0.3 is 0 Å². The second-order valence-electron chi connectivity index (χ2n) is 9.39. The van der Waals surface area contributed by atoms with Crippen molar-refractivity contribution in [3.05, 3.63) is 60.0 Å². The van der Waals surface area contributed by atoms with E-state index in [1.54, 1.807) is 19.4 Å². The summed E-state index contributed by atoms with van der Waals surface area (Å²) in [6.07, 6.45) is 10.8. The van der Waals surface area contributed by atoms with Crippen molar-refractivity contribution in [1.82, 2.24) is 4.98 Å². The number of aromatic nitrogens is 1. The molecule has 35 heavy (non-hydrogen) atoms. The van der Waals surface area contributed by atoms with Gasteiger partial charge in [-0.05, 0) is 88.8 Å². The smallest absolute Gasteiger partial charge is 0.157 e. The Morgan fingerprint density at radius 1 is 1.17 bits per heavy atom. The lowest BCUT2D eigenvalue weighted by Crippen LogP contribution is -2.25. The SMILES string of the molecule is C=C/C(=C\C(=C/C)C(C)(C)OC)c1cc(C(C)(C)OOCCOCCOC2CCCCO2)ccn1. The van der Waals surface area contributed by atoms with Gasteiger partial charge in [-0.2, -0.15) is 0 Å². The third kappa shape index (κ3) is 9.60. The zero-order valence-electron chi connectivity index (χ0n) is 22.3. The Bertz CT molecular complexity index is 840. The van der Waals surface area contributed by atoms with Crippen LogP contribution in [0.5, 0.6) is 0 Å². The molecular formula is C28H43NO6. The lowest BCUT2D eigenvalue weighted by atomic mass is 9.93. The molecule has 0 aromatic carbocycles. The zero-order valence-corrected chi connectivity index (χ0v) is 22.3. The largest absolute Gasteiger partial charge is 0.377 e. The minimum Gasteiger partial charge on any atom is -0.377 e. The zero-order chi connectivity index (χ0) is 25.7. The van der Waals surface area contributed by atoms with Crippen molar-refractivity contribution in [2.75, 3.05) is 40.1 Å². The van der Waals surface area contributed by atoms with Crippen LogP contribution >= 0.6 is 0 Å². The maximum Gasteiger partial charge on any atom is 0.157 e. The van der Waals surface area contributed by atoms with Crippen LogP contribution in [0.3, 0.4) is 0 Å². The molecule has 1 aromatic heterocycles. The summed E-state index contributed by atoms with van der Waals surface area (Å²) in [5.41, 5.74) is 2.57. The minimum atomic E-state index is -0.680. The summed E-state index contributed by atoms with van der Waals surface area (Å²) in [5, 5.41) is 0. The van der Waals surface area contributed by atoms with Crippen LogP contribution in [0, 0.1) is 0 Å². The maximum atomic E-state index is 5.72. The van der Waals surface area contributed by atoms with Crippen LogP contribution in [-0.2, 0) is 34.3 Å². The Hall–Kier alpha value is -1.87. The summed E-state index contributed by atoms with van der Waals surface area (Å²) in [5.74, 6) is 0. The van der Waals surface area contributed by atoms with E-state index in [-0.39, 0.29) is 6.29 Å². The van der Waals surface area contributed by atoms with Crippen LogP contribution in [0.15, 0.2) is 48.7 Å². The quantitative estimate of drug-likeness (QED) is 0.134. The Kier molecular flexibility index (Phi) is 12.3. The molecule has 1 aromatic rings. The fraction of sp³-hybridized carbons (Fsp3) is 0.607. The van der Waals surface area contributed by atoms with Crippen LogP contribution in [-0.4, -0.2) is 57.0 Å². The maximum absolute atomic E-state index is 5.72. The molecule has 0 aliphatic carbocycles. The minimum absolute atomic E-state index is 0.0921. The van der Waals surface area contributed by atoms with E-state index in [9.17, 15) is 0 Å². The first kappa shape index (κ1) is 29.4. The molecule has 7 heteroatoms. The van der Waals surface area contributed by atoms with E-state index < -0.39 is 11.2 Å². The highest BCUT2D eigenvalue weighted by molar-refractivity contribution is 5.74. The van der Waals surface area contributed by atoms with E-state index in [2.05, 4.69) is 17.6 Å². The third-order valence-corrected chi connectivity index (χ3v) is 6.05. The van der Waals surface area contributed by atoms with E-state index in [1.807, 2.05) is 52.8 Å². The monoisotopic (exact) mass is 489 g/mol. The number of allylic oxidation sites excluding steroid dienone is 3. The summed E-state index contributed by atoms with van der Waals surface area (Å²) in [7, 11) is 1.70. The molecule has 0 spiro atoms. The molecule has 2 rings (SSSR count). The molecule has 2 heterocycles. The average molecular weight is 490 g/mol. The standard InChI is InChI=1S/C28H43NO6/c1-8-22(20-23(9-2)27(3,4)30-7)25-21-24(13-14-29-25)28(5,6)35-34-19-17-31-16-18-33-26-12-10-11-15-32-26/h8-9,13-14,20-21,26H,1,10-12,15-19H2,2-7H3/b22-20+,23-9+. The summed E-state index contributed by atoms with van der Waals surface area (Å²) in [4.78, 5) is 15.7. The highest BCUT2D eigenvalue weighted by Crippen LogP contribution is 2.29. The van der Waals surface area contributed by atoms with Crippen molar-refractivity contribution < 1.29 is 28.7 Å². The molecule has 1 atom stereocenters. The normalized spacial score (nSPS) is 18.1. The van der Waals surface area contributed by atoms with Crippen molar-refractivity contribution in [3.63, 3.8) is 0 Å².